The highest BCUT2D eigenvalue weighted by Crippen LogP contribution is 2.38. The first-order valence-electron chi connectivity index (χ1n) is 8.04. The van der Waals surface area contributed by atoms with Gasteiger partial charge in [-0.3, -0.25) is 4.79 Å². The second-order valence-corrected chi connectivity index (χ2v) is 6.21. The molecule has 1 atom stereocenters. The topological polar surface area (TPSA) is 102 Å². The van der Waals surface area contributed by atoms with Gasteiger partial charge in [0.1, 0.15) is 16.8 Å². The van der Waals surface area contributed by atoms with Gasteiger partial charge in [-0.1, -0.05) is 30.3 Å². The molecule has 0 radical (unpaired) electrons. The van der Waals surface area contributed by atoms with Crippen LogP contribution in [0, 0.1) is 0 Å². The Balaban J connectivity index is 1.95. The molecule has 5 rings (SSSR count). The van der Waals surface area contributed by atoms with Crippen molar-refractivity contribution in [2.45, 2.75) is 6.10 Å². The maximum atomic E-state index is 12.9. The molecule has 0 bridgehead atoms. The van der Waals surface area contributed by atoms with E-state index in [4.69, 9.17) is 0 Å². The Morgan fingerprint density at radius 2 is 1.46 bits per heavy atom. The van der Waals surface area contributed by atoms with Crippen molar-refractivity contribution in [2.24, 2.45) is 9.98 Å². The summed E-state index contributed by atoms with van der Waals surface area (Å²) in [5.74, 6) is -1.17. The smallest absolute Gasteiger partial charge is 0.201 e. The van der Waals surface area contributed by atoms with Crippen molar-refractivity contribution in [3.05, 3.63) is 81.5 Å². The number of rotatable bonds is 0. The number of aromatic hydroxyl groups is 2. The molecular weight excluding hydrogens is 332 g/mol. The summed E-state index contributed by atoms with van der Waals surface area (Å²) in [6, 6.07) is 13.6. The number of aliphatic hydroxyl groups is 1. The van der Waals surface area contributed by atoms with Gasteiger partial charge in [0.2, 0.25) is 5.78 Å². The number of carbonyl (C=O) groups is 1. The molecule has 6 heteroatoms. The Labute approximate surface area is 147 Å². The fourth-order valence-corrected chi connectivity index (χ4v) is 3.53. The number of benzene rings is 3. The maximum absolute atomic E-state index is 12.9. The highest BCUT2D eigenvalue weighted by molar-refractivity contribution is 6.14. The van der Waals surface area contributed by atoms with Crippen LogP contribution in [0.5, 0.6) is 11.5 Å². The fraction of sp³-hybridized carbons (Fsp3) is 0.0500. The Hall–Kier alpha value is -3.51. The molecule has 0 aliphatic carbocycles. The van der Waals surface area contributed by atoms with E-state index >= 15 is 0 Å². The molecule has 2 aliphatic heterocycles. The van der Waals surface area contributed by atoms with E-state index in [2.05, 4.69) is 9.98 Å². The van der Waals surface area contributed by atoms with Crippen LogP contribution in [0.1, 0.15) is 33.2 Å². The molecule has 0 fully saturated rings. The molecule has 3 aromatic carbocycles. The summed E-state index contributed by atoms with van der Waals surface area (Å²) in [5, 5.41) is 32.2. The lowest BCUT2D eigenvalue weighted by Crippen LogP contribution is -2.30. The monoisotopic (exact) mass is 344 g/mol. The Morgan fingerprint density at radius 1 is 0.808 bits per heavy atom. The van der Waals surface area contributed by atoms with Crippen LogP contribution >= 0.6 is 0 Å². The van der Waals surface area contributed by atoms with Crippen molar-refractivity contribution < 1.29 is 20.1 Å². The van der Waals surface area contributed by atoms with Gasteiger partial charge in [0, 0.05) is 11.1 Å². The van der Waals surface area contributed by atoms with Gasteiger partial charge in [0.15, 0.2) is 11.5 Å². The minimum atomic E-state index is -1.18. The standard InChI is InChI=1S/C20H12N2O4/c23-17-9-5-1-3-7-11(9)21-15-13(17)19(25)16-14(20(15)26)18(24)10-6-2-4-8-12(10)22-16/h1-8,17,23,25-26H. The predicted molar refractivity (Wildman–Crippen MR) is 91.8 cm³/mol. The molecular formula is C20H12N2O4. The van der Waals surface area contributed by atoms with Gasteiger partial charge in [-0.2, -0.15) is 0 Å². The highest BCUT2D eigenvalue weighted by atomic mass is 16.3. The van der Waals surface area contributed by atoms with E-state index in [1.165, 1.54) is 0 Å². The summed E-state index contributed by atoms with van der Waals surface area (Å²) >= 11 is 0. The fourth-order valence-electron chi connectivity index (χ4n) is 3.53. The Kier molecular flexibility index (Phi) is 2.84. The normalized spacial score (nSPS) is 16.5. The third kappa shape index (κ3) is 1.76. The molecule has 26 heavy (non-hydrogen) atoms. The number of nitrogens with zero attached hydrogens (tertiary/aromatic N) is 2. The SMILES string of the molecule is O=C1c2ccccc2N=c2c(O)c3c(c(O)c21)=Nc1ccccc1C3O. The van der Waals surface area contributed by atoms with Crippen molar-refractivity contribution >= 4 is 17.2 Å². The number of aliphatic hydroxyl groups excluding tert-OH is 1. The number of fused-ring (bicyclic) bond motifs is 4. The molecule has 2 heterocycles. The van der Waals surface area contributed by atoms with Gasteiger partial charge >= 0.3 is 0 Å². The largest absolute Gasteiger partial charge is 0.505 e. The molecule has 2 aliphatic rings. The number of para-hydroxylation sites is 2. The quantitative estimate of drug-likeness (QED) is 0.424. The molecule has 126 valence electrons. The second-order valence-electron chi connectivity index (χ2n) is 6.21. The van der Waals surface area contributed by atoms with Crippen LogP contribution in [-0.2, 0) is 0 Å². The summed E-state index contributed by atoms with van der Waals surface area (Å²) in [5.41, 5.74) is 1.68. The Bertz CT molecular complexity index is 1250. The summed E-state index contributed by atoms with van der Waals surface area (Å²) in [4.78, 5) is 21.5. The van der Waals surface area contributed by atoms with Crippen LogP contribution in [0.2, 0.25) is 0 Å². The zero-order chi connectivity index (χ0) is 18.0. The van der Waals surface area contributed by atoms with Gasteiger partial charge in [0.25, 0.3) is 0 Å². The highest BCUT2D eigenvalue weighted by Gasteiger charge is 2.33. The third-order valence-electron chi connectivity index (χ3n) is 4.78. The predicted octanol–water partition coefficient (Wildman–Crippen LogP) is 1.94. The van der Waals surface area contributed by atoms with Crippen molar-refractivity contribution in [1.29, 1.82) is 0 Å². The lowest BCUT2D eigenvalue weighted by atomic mass is 9.90. The van der Waals surface area contributed by atoms with Crippen molar-refractivity contribution in [3.8, 4) is 11.5 Å². The van der Waals surface area contributed by atoms with Crippen LogP contribution in [-0.4, -0.2) is 21.1 Å². The Morgan fingerprint density at radius 3 is 2.27 bits per heavy atom. The van der Waals surface area contributed by atoms with Crippen molar-refractivity contribution in [3.63, 3.8) is 0 Å². The zero-order valence-corrected chi connectivity index (χ0v) is 13.3. The molecule has 1 unspecified atom stereocenters. The summed E-state index contributed by atoms with van der Waals surface area (Å²) in [7, 11) is 0. The van der Waals surface area contributed by atoms with Gasteiger partial charge in [-0.25, -0.2) is 9.98 Å². The van der Waals surface area contributed by atoms with Gasteiger partial charge in [-0.05, 0) is 18.2 Å². The first-order valence-corrected chi connectivity index (χ1v) is 8.04. The first kappa shape index (κ1) is 14.8. The average Bonchev–Trinajstić information content (AvgIpc) is 2.66. The molecule has 3 N–H and O–H groups in total. The third-order valence-corrected chi connectivity index (χ3v) is 4.78. The van der Waals surface area contributed by atoms with Gasteiger partial charge in [0.05, 0.1) is 22.5 Å². The van der Waals surface area contributed by atoms with E-state index < -0.39 is 11.9 Å². The van der Waals surface area contributed by atoms with E-state index in [0.717, 1.165) is 0 Å². The minimum absolute atomic E-state index is 0.00428. The molecule has 3 aromatic rings. The second kappa shape index (κ2) is 5.00. The van der Waals surface area contributed by atoms with Crippen LogP contribution in [0.25, 0.3) is 0 Å². The van der Waals surface area contributed by atoms with Gasteiger partial charge in [-0.15, -0.1) is 0 Å². The molecule has 0 spiro atoms. The number of hydrogen-bond acceptors (Lipinski definition) is 6. The molecule has 0 saturated carbocycles. The van der Waals surface area contributed by atoms with E-state index in [-0.39, 0.29) is 33.3 Å². The van der Waals surface area contributed by atoms with Crippen LogP contribution in [0.3, 0.4) is 0 Å². The van der Waals surface area contributed by atoms with Crippen molar-refractivity contribution in [1.82, 2.24) is 0 Å². The lowest BCUT2D eigenvalue weighted by molar-refractivity contribution is 0.103. The summed E-state index contributed by atoms with van der Waals surface area (Å²) in [6.45, 7) is 0. The molecule has 0 aromatic heterocycles. The molecule has 6 nitrogen and oxygen atoms in total. The number of phenolic OH excluding ortho intramolecular Hbond substituents is 2. The number of ketones is 1. The average molecular weight is 344 g/mol. The number of carbonyl (C=O) groups excluding carboxylic acids is 1. The minimum Gasteiger partial charge on any atom is -0.505 e. The first-order chi connectivity index (χ1) is 12.6. The lowest BCUT2D eigenvalue weighted by Gasteiger charge is -2.22. The van der Waals surface area contributed by atoms with E-state index in [0.29, 0.717) is 22.5 Å². The zero-order valence-electron chi connectivity index (χ0n) is 13.3. The van der Waals surface area contributed by atoms with E-state index in [1.807, 2.05) is 0 Å². The van der Waals surface area contributed by atoms with Crippen LogP contribution in [0.15, 0.2) is 58.5 Å². The van der Waals surface area contributed by atoms with Gasteiger partial charge < -0.3 is 15.3 Å². The maximum Gasteiger partial charge on any atom is 0.201 e. The summed E-state index contributed by atoms with van der Waals surface area (Å²) in [6.07, 6.45) is -1.18. The van der Waals surface area contributed by atoms with Crippen LogP contribution < -0.4 is 10.7 Å². The van der Waals surface area contributed by atoms with Crippen LogP contribution in [0.4, 0.5) is 11.4 Å². The summed E-state index contributed by atoms with van der Waals surface area (Å²) < 4.78 is 0. The number of hydrogen-bond donors (Lipinski definition) is 3. The van der Waals surface area contributed by atoms with E-state index in [9.17, 15) is 20.1 Å². The van der Waals surface area contributed by atoms with E-state index in [1.54, 1.807) is 48.5 Å². The number of phenols is 2. The molecule has 0 saturated heterocycles. The van der Waals surface area contributed by atoms with Crippen molar-refractivity contribution in [2.75, 3.05) is 0 Å². The molecule has 0 amide bonds.